The van der Waals surface area contributed by atoms with E-state index in [-0.39, 0.29) is 31.0 Å². The van der Waals surface area contributed by atoms with Crippen LogP contribution in [0.5, 0.6) is 0 Å². The van der Waals surface area contributed by atoms with Crippen LogP contribution in [0, 0.1) is 10.1 Å². The average molecular weight is 280 g/mol. The first-order valence-electron chi connectivity index (χ1n) is 6.17. The zero-order valence-corrected chi connectivity index (χ0v) is 11.1. The highest BCUT2D eigenvalue weighted by atomic mass is 16.6. The lowest BCUT2D eigenvalue weighted by Crippen LogP contribution is -2.34. The molecule has 1 amide bonds. The molecule has 0 atom stereocenters. The summed E-state index contributed by atoms with van der Waals surface area (Å²) in [5, 5.41) is 19.1. The number of benzene rings is 1. The monoisotopic (exact) mass is 280 g/mol. The van der Waals surface area contributed by atoms with Crippen LogP contribution < -0.4 is 0 Å². The molecule has 0 saturated heterocycles. The van der Waals surface area contributed by atoms with E-state index in [0.717, 1.165) is 0 Å². The lowest BCUT2D eigenvalue weighted by Gasteiger charge is -2.19. The Kier molecular flexibility index (Phi) is 5.64. The second-order valence-electron chi connectivity index (χ2n) is 4.22. The number of nitro benzene ring substituents is 1. The molecule has 108 valence electrons. The van der Waals surface area contributed by atoms with E-state index in [9.17, 15) is 19.7 Å². The van der Waals surface area contributed by atoms with Gasteiger partial charge in [0.2, 0.25) is 5.91 Å². The molecule has 0 aliphatic carbocycles. The summed E-state index contributed by atoms with van der Waals surface area (Å²) in [6.45, 7) is 2.37. The molecular formula is C13H16N2O5. The highest BCUT2D eigenvalue weighted by Gasteiger charge is 2.14. The van der Waals surface area contributed by atoms with Gasteiger partial charge in [-0.3, -0.25) is 19.7 Å². The van der Waals surface area contributed by atoms with E-state index in [1.807, 2.05) is 0 Å². The standard InChI is InChI=1S/C13H16N2O5/c1-2-14(8-7-13(17)18)12(16)9-10-3-5-11(6-4-10)15(19)20/h3-6H,2,7-9H2,1H3,(H,17,18). The lowest BCUT2D eigenvalue weighted by atomic mass is 10.1. The van der Waals surface area contributed by atoms with Crippen molar-refractivity contribution in [2.45, 2.75) is 19.8 Å². The van der Waals surface area contributed by atoms with E-state index in [0.29, 0.717) is 12.1 Å². The molecule has 0 saturated carbocycles. The van der Waals surface area contributed by atoms with Crippen molar-refractivity contribution in [2.24, 2.45) is 0 Å². The van der Waals surface area contributed by atoms with Gasteiger partial charge in [0, 0.05) is 25.2 Å². The van der Waals surface area contributed by atoms with E-state index in [4.69, 9.17) is 5.11 Å². The topological polar surface area (TPSA) is 101 Å². The third-order valence-corrected chi connectivity index (χ3v) is 2.83. The van der Waals surface area contributed by atoms with Crippen molar-refractivity contribution in [3.05, 3.63) is 39.9 Å². The maximum Gasteiger partial charge on any atom is 0.305 e. The predicted octanol–water partition coefficient (Wildman–Crippen LogP) is 1.46. The smallest absolute Gasteiger partial charge is 0.305 e. The van der Waals surface area contributed by atoms with Crippen LogP contribution in [-0.2, 0) is 16.0 Å². The van der Waals surface area contributed by atoms with Gasteiger partial charge in [-0.15, -0.1) is 0 Å². The zero-order valence-electron chi connectivity index (χ0n) is 11.1. The highest BCUT2D eigenvalue weighted by molar-refractivity contribution is 5.79. The van der Waals surface area contributed by atoms with Crippen LogP contribution >= 0.6 is 0 Å². The molecule has 0 spiro atoms. The van der Waals surface area contributed by atoms with Gasteiger partial charge in [-0.1, -0.05) is 12.1 Å². The predicted molar refractivity (Wildman–Crippen MR) is 71.3 cm³/mol. The SMILES string of the molecule is CCN(CCC(=O)O)C(=O)Cc1ccc([N+](=O)[O-])cc1. The minimum absolute atomic E-state index is 0.0283. The van der Waals surface area contributed by atoms with E-state index < -0.39 is 10.9 Å². The molecule has 7 heteroatoms. The summed E-state index contributed by atoms with van der Waals surface area (Å²) in [6, 6.07) is 5.74. The molecule has 0 bridgehead atoms. The van der Waals surface area contributed by atoms with Crippen LogP contribution in [0.3, 0.4) is 0 Å². The molecule has 1 aromatic rings. The highest BCUT2D eigenvalue weighted by Crippen LogP contribution is 2.13. The van der Waals surface area contributed by atoms with Gasteiger partial charge in [0.1, 0.15) is 0 Å². The summed E-state index contributed by atoms with van der Waals surface area (Å²) in [7, 11) is 0. The van der Waals surface area contributed by atoms with Gasteiger partial charge in [0.15, 0.2) is 0 Å². The summed E-state index contributed by atoms with van der Waals surface area (Å²) < 4.78 is 0. The van der Waals surface area contributed by atoms with Gasteiger partial charge in [-0.2, -0.15) is 0 Å². The van der Waals surface area contributed by atoms with Crippen molar-refractivity contribution < 1.29 is 19.6 Å². The van der Waals surface area contributed by atoms with Gasteiger partial charge >= 0.3 is 5.97 Å². The molecule has 0 unspecified atom stereocenters. The number of likely N-dealkylation sites (N-methyl/N-ethyl adjacent to an activating group) is 1. The van der Waals surface area contributed by atoms with Gasteiger partial charge in [0.05, 0.1) is 17.8 Å². The van der Waals surface area contributed by atoms with E-state index in [1.54, 1.807) is 6.92 Å². The fourth-order valence-corrected chi connectivity index (χ4v) is 1.71. The molecule has 0 heterocycles. The van der Waals surface area contributed by atoms with Gasteiger partial charge in [0.25, 0.3) is 5.69 Å². The second-order valence-corrected chi connectivity index (χ2v) is 4.22. The first-order valence-corrected chi connectivity index (χ1v) is 6.17. The second kappa shape index (κ2) is 7.22. The Morgan fingerprint density at radius 1 is 1.30 bits per heavy atom. The molecule has 0 aromatic heterocycles. The Morgan fingerprint density at radius 3 is 2.35 bits per heavy atom. The average Bonchev–Trinajstić information content (AvgIpc) is 2.39. The number of carboxylic acid groups (broad SMARTS) is 1. The van der Waals surface area contributed by atoms with Gasteiger partial charge < -0.3 is 10.0 Å². The number of non-ortho nitro benzene ring substituents is 1. The number of hydrogen-bond donors (Lipinski definition) is 1. The van der Waals surface area contributed by atoms with Crippen molar-refractivity contribution in [3.8, 4) is 0 Å². The third-order valence-electron chi connectivity index (χ3n) is 2.83. The normalized spacial score (nSPS) is 10.1. The molecule has 1 rings (SSSR count). The number of nitro groups is 1. The largest absolute Gasteiger partial charge is 0.481 e. The van der Waals surface area contributed by atoms with Crippen LogP contribution in [0.1, 0.15) is 18.9 Å². The summed E-state index contributed by atoms with van der Waals surface area (Å²) in [5.74, 6) is -1.14. The van der Waals surface area contributed by atoms with E-state index in [2.05, 4.69) is 0 Å². The molecule has 1 aromatic carbocycles. The molecule has 0 fully saturated rings. The number of carbonyl (C=O) groups is 2. The molecule has 7 nitrogen and oxygen atoms in total. The molecule has 0 aliphatic heterocycles. The number of rotatable bonds is 7. The first kappa shape index (κ1) is 15.6. The summed E-state index contributed by atoms with van der Waals surface area (Å²) >= 11 is 0. The van der Waals surface area contributed by atoms with Crippen molar-refractivity contribution in [1.82, 2.24) is 4.90 Å². The molecular weight excluding hydrogens is 264 g/mol. The van der Waals surface area contributed by atoms with Crippen molar-refractivity contribution in [2.75, 3.05) is 13.1 Å². The summed E-state index contributed by atoms with van der Waals surface area (Å²) in [5.41, 5.74) is 0.633. The minimum atomic E-state index is -0.952. The number of carboxylic acids is 1. The van der Waals surface area contributed by atoms with E-state index >= 15 is 0 Å². The Balaban J connectivity index is 2.63. The van der Waals surface area contributed by atoms with Gasteiger partial charge in [-0.25, -0.2) is 0 Å². The minimum Gasteiger partial charge on any atom is -0.481 e. The number of amides is 1. The van der Waals surface area contributed by atoms with Crippen LogP contribution in [0.2, 0.25) is 0 Å². The summed E-state index contributed by atoms with van der Waals surface area (Å²) in [6.07, 6.45) is 0.00525. The third kappa shape index (κ3) is 4.68. The number of hydrogen-bond acceptors (Lipinski definition) is 4. The fourth-order valence-electron chi connectivity index (χ4n) is 1.71. The van der Waals surface area contributed by atoms with Crippen molar-refractivity contribution in [3.63, 3.8) is 0 Å². The first-order chi connectivity index (χ1) is 9.43. The Labute approximate surface area is 116 Å². The maximum atomic E-state index is 12.0. The maximum absolute atomic E-state index is 12.0. The van der Waals surface area contributed by atoms with Crippen LogP contribution in [-0.4, -0.2) is 39.9 Å². The van der Waals surface area contributed by atoms with Gasteiger partial charge in [-0.05, 0) is 12.5 Å². The van der Waals surface area contributed by atoms with Crippen LogP contribution in [0.4, 0.5) is 5.69 Å². The molecule has 0 aliphatic rings. The van der Waals surface area contributed by atoms with Crippen LogP contribution in [0.25, 0.3) is 0 Å². The number of aliphatic carboxylic acids is 1. The molecule has 20 heavy (non-hydrogen) atoms. The number of nitrogens with zero attached hydrogens (tertiary/aromatic N) is 2. The quantitative estimate of drug-likeness (QED) is 0.602. The Hall–Kier alpha value is -2.44. The van der Waals surface area contributed by atoms with Crippen LogP contribution in [0.15, 0.2) is 24.3 Å². The zero-order chi connectivity index (χ0) is 15.1. The Bertz CT molecular complexity index is 498. The summed E-state index contributed by atoms with van der Waals surface area (Å²) in [4.78, 5) is 33.9. The lowest BCUT2D eigenvalue weighted by molar-refractivity contribution is -0.384. The van der Waals surface area contributed by atoms with Crippen molar-refractivity contribution >= 4 is 17.6 Å². The van der Waals surface area contributed by atoms with Crippen molar-refractivity contribution in [1.29, 1.82) is 0 Å². The fraction of sp³-hybridized carbons (Fsp3) is 0.385. The molecule has 1 N–H and O–H groups in total. The Morgan fingerprint density at radius 2 is 1.90 bits per heavy atom. The number of carbonyl (C=O) groups excluding carboxylic acids is 1. The van der Waals surface area contributed by atoms with E-state index in [1.165, 1.54) is 29.2 Å². The molecule has 0 radical (unpaired) electrons.